The normalized spacial score (nSPS) is 15.5. The molecule has 4 aromatic rings. The van der Waals surface area contributed by atoms with Crippen LogP contribution in [-0.4, -0.2) is 96.0 Å². The molecule has 280 valence electrons. The van der Waals surface area contributed by atoms with Gasteiger partial charge in [-0.1, -0.05) is 59.6 Å². The van der Waals surface area contributed by atoms with Crippen LogP contribution < -0.4 is 14.8 Å². The van der Waals surface area contributed by atoms with Crippen LogP contribution in [0.15, 0.2) is 60.8 Å². The van der Waals surface area contributed by atoms with Gasteiger partial charge in [-0.25, -0.2) is 4.98 Å². The van der Waals surface area contributed by atoms with Gasteiger partial charge < -0.3 is 24.6 Å². The number of hydrogen-bond acceptors (Lipinski definition) is 8. The second-order valence-electron chi connectivity index (χ2n) is 13.9. The number of piperidine rings is 2. The molecule has 2 amide bonds. The second-order valence-corrected chi connectivity index (χ2v) is 14.6. The molecule has 0 saturated carbocycles. The molecule has 0 aliphatic carbocycles. The molecule has 2 aliphatic heterocycles. The summed E-state index contributed by atoms with van der Waals surface area (Å²) >= 11 is 14.3. The van der Waals surface area contributed by atoms with E-state index in [0.29, 0.717) is 52.5 Å². The number of amides is 2. The number of ether oxygens (including phenoxy) is 2. The Balaban J connectivity index is 1.19. The standard InChI is InChI=1S/C41H48Cl2N6O4/c1-26(50)48-19-14-31(15-20-48)45-24-29-10-9-28(23-37(29)52-4)40-39(43)34(13-18-44-40)33-7-6-8-35(38(33)42)36-12-11-30(41(46-36)53-5)25-47(3)32-16-21-49(22-17-32)27(2)51/h6-13,18,23,31-32,45H,14-17,19-22,24-25H2,1-5H3. The maximum absolute atomic E-state index is 11.8. The average molecular weight is 760 g/mol. The first-order valence-corrected chi connectivity index (χ1v) is 18.9. The van der Waals surface area contributed by atoms with E-state index in [4.69, 9.17) is 37.7 Å². The molecule has 0 atom stereocenters. The Kier molecular flexibility index (Phi) is 12.6. The molecular weight excluding hydrogens is 711 g/mol. The first kappa shape index (κ1) is 38.5. The zero-order chi connectivity index (χ0) is 37.6. The molecule has 0 unspecified atom stereocenters. The van der Waals surface area contributed by atoms with Crippen LogP contribution in [0.5, 0.6) is 11.6 Å². The summed E-state index contributed by atoms with van der Waals surface area (Å²) in [6.07, 6.45) is 5.46. The lowest BCUT2D eigenvalue weighted by Gasteiger charge is -2.36. The number of carbonyl (C=O) groups excluding carboxylic acids is 2. The fourth-order valence-corrected chi connectivity index (χ4v) is 8.06. The van der Waals surface area contributed by atoms with Crippen LogP contribution in [0.3, 0.4) is 0 Å². The number of aromatic nitrogens is 2. The Morgan fingerprint density at radius 3 is 2.13 bits per heavy atom. The van der Waals surface area contributed by atoms with Crippen LogP contribution in [0.1, 0.15) is 50.7 Å². The molecule has 2 fully saturated rings. The number of halogens is 2. The maximum atomic E-state index is 11.8. The zero-order valence-corrected chi connectivity index (χ0v) is 32.6. The van der Waals surface area contributed by atoms with Gasteiger partial charge >= 0.3 is 0 Å². The van der Waals surface area contributed by atoms with Gasteiger partial charge in [-0.3, -0.25) is 19.5 Å². The average Bonchev–Trinajstić information content (AvgIpc) is 3.17. The highest BCUT2D eigenvalue weighted by Gasteiger charge is 2.25. The van der Waals surface area contributed by atoms with Gasteiger partial charge in [-0.2, -0.15) is 0 Å². The number of benzene rings is 2. The number of rotatable bonds is 11. The number of nitrogens with zero attached hydrogens (tertiary/aromatic N) is 5. The molecule has 53 heavy (non-hydrogen) atoms. The highest BCUT2D eigenvalue weighted by molar-refractivity contribution is 6.39. The van der Waals surface area contributed by atoms with E-state index in [-0.39, 0.29) is 11.8 Å². The smallest absolute Gasteiger partial charge is 0.219 e. The molecule has 2 aliphatic rings. The first-order chi connectivity index (χ1) is 25.6. The lowest BCUT2D eigenvalue weighted by Crippen LogP contribution is -2.44. The summed E-state index contributed by atoms with van der Waals surface area (Å²) < 4.78 is 11.6. The van der Waals surface area contributed by atoms with E-state index in [1.807, 2.05) is 64.4 Å². The van der Waals surface area contributed by atoms with Gasteiger partial charge in [-0.05, 0) is 50.9 Å². The van der Waals surface area contributed by atoms with Crippen LogP contribution in [0, 0.1) is 0 Å². The van der Waals surface area contributed by atoms with Gasteiger partial charge in [0.05, 0.1) is 35.7 Å². The molecule has 2 saturated heterocycles. The highest BCUT2D eigenvalue weighted by atomic mass is 35.5. The van der Waals surface area contributed by atoms with Crippen molar-refractivity contribution >= 4 is 35.0 Å². The third-order valence-corrected chi connectivity index (χ3v) is 11.4. The monoisotopic (exact) mass is 758 g/mol. The summed E-state index contributed by atoms with van der Waals surface area (Å²) in [4.78, 5) is 39.2. The number of carbonyl (C=O) groups is 2. The molecule has 1 N–H and O–H groups in total. The molecule has 10 nitrogen and oxygen atoms in total. The third-order valence-electron chi connectivity index (χ3n) is 10.6. The number of likely N-dealkylation sites (tertiary alicyclic amines) is 2. The van der Waals surface area contributed by atoms with Gasteiger partial charge in [0.2, 0.25) is 17.7 Å². The summed E-state index contributed by atoms with van der Waals surface area (Å²) in [6.45, 7) is 7.69. The van der Waals surface area contributed by atoms with Crippen molar-refractivity contribution in [2.75, 3.05) is 47.4 Å². The number of methoxy groups -OCH3 is 2. The second kappa shape index (κ2) is 17.3. The minimum Gasteiger partial charge on any atom is -0.496 e. The minimum atomic E-state index is 0.134. The van der Waals surface area contributed by atoms with E-state index in [2.05, 4.69) is 22.2 Å². The lowest BCUT2D eigenvalue weighted by molar-refractivity contribution is -0.131. The molecule has 2 aromatic heterocycles. The quantitative estimate of drug-likeness (QED) is 0.170. The van der Waals surface area contributed by atoms with Crippen molar-refractivity contribution in [3.63, 3.8) is 0 Å². The summed E-state index contributed by atoms with van der Waals surface area (Å²) in [5.74, 6) is 1.56. The summed E-state index contributed by atoms with van der Waals surface area (Å²) in [6, 6.07) is 18.5. The van der Waals surface area contributed by atoms with Crippen LogP contribution in [0.4, 0.5) is 0 Å². The van der Waals surface area contributed by atoms with Crippen LogP contribution >= 0.6 is 23.2 Å². The van der Waals surface area contributed by atoms with Crippen LogP contribution in [0.2, 0.25) is 10.0 Å². The number of nitrogens with one attached hydrogen (secondary N) is 1. The van der Waals surface area contributed by atoms with Crippen LogP contribution in [0.25, 0.3) is 33.6 Å². The molecule has 0 bridgehead atoms. The van der Waals surface area contributed by atoms with Gasteiger partial charge in [-0.15, -0.1) is 0 Å². The number of hydrogen-bond donors (Lipinski definition) is 1. The van der Waals surface area contributed by atoms with Gasteiger partial charge in [0, 0.05) is 105 Å². The largest absolute Gasteiger partial charge is 0.496 e. The maximum Gasteiger partial charge on any atom is 0.219 e. The molecule has 0 radical (unpaired) electrons. The Labute approximate surface area is 322 Å². The Bertz CT molecular complexity index is 1940. The number of pyridine rings is 2. The van der Waals surface area contributed by atoms with E-state index < -0.39 is 0 Å². The summed E-state index contributed by atoms with van der Waals surface area (Å²) in [5.41, 5.74) is 6.45. The van der Waals surface area contributed by atoms with E-state index in [1.165, 1.54) is 0 Å². The van der Waals surface area contributed by atoms with Crippen LogP contribution in [-0.2, 0) is 22.7 Å². The van der Waals surface area contributed by atoms with E-state index in [1.54, 1.807) is 34.3 Å². The highest BCUT2D eigenvalue weighted by Crippen LogP contribution is 2.42. The van der Waals surface area contributed by atoms with E-state index in [9.17, 15) is 9.59 Å². The Hall–Kier alpha value is -4.22. The molecular formula is C41H48Cl2N6O4. The van der Waals surface area contributed by atoms with Crippen molar-refractivity contribution in [1.82, 2.24) is 30.0 Å². The molecule has 6 rings (SSSR count). The van der Waals surface area contributed by atoms with Crippen molar-refractivity contribution in [1.29, 1.82) is 0 Å². The fourth-order valence-electron chi connectivity index (χ4n) is 7.42. The summed E-state index contributed by atoms with van der Waals surface area (Å²) in [7, 11) is 5.41. The SMILES string of the molecule is COc1cc(-c2nccc(-c3cccc(-c4ccc(CN(C)C5CCN(C(C)=O)CC5)c(OC)n4)c3Cl)c2Cl)ccc1CNC1CCN(C(C)=O)CC1. The van der Waals surface area contributed by atoms with Crippen molar-refractivity contribution in [3.8, 4) is 45.3 Å². The lowest BCUT2D eigenvalue weighted by atomic mass is 9.99. The van der Waals surface area contributed by atoms with E-state index >= 15 is 0 Å². The van der Waals surface area contributed by atoms with Gasteiger partial charge in [0.15, 0.2) is 0 Å². The zero-order valence-electron chi connectivity index (χ0n) is 31.1. The first-order valence-electron chi connectivity index (χ1n) is 18.2. The van der Waals surface area contributed by atoms with Gasteiger partial charge in [0.1, 0.15) is 5.75 Å². The molecule has 0 spiro atoms. The molecule has 12 heteroatoms. The summed E-state index contributed by atoms with van der Waals surface area (Å²) in [5, 5.41) is 4.64. The predicted molar refractivity (Wildman–Crippen MR) is 210 cm³/mol. The van der Waals surface area contributed by atoms with Gasteiger partial charge in [0.25, 0.3) is 0 Å². The van der Waals surface area contributed by atoms with E-state index in [0.717, 1.165) is 91.0 Å². The Morgan fingerprint density at radius 2 is 1.47 bits per heavy atom. The van der Waals surface area contributed by atoms with Crippen molar-refractivity contribution in [2.45, 2.75) is 64.7 Å². The third kappa shape index (κ3) is 8.78. The van der Waals surface area contributed by atoms with Crippen molar-refractivity contribution in [2.24, 2.45) is 0 Å². The minimum absolute atomic E-state index is 0.134. The molecule has 2 aromatic carbocycles. The predicted octanol–water partition coefficient (Wildman–Crippen LogP) is 7.34. The molecule has 4 heterocycles. The van der Waals surface area contributed by atoms with Crippen molar-refractivity contribution in [3.05, 3.63) is 82.0 Å². The fraction of sp³-hybridized carbons (Fsp3) is 0.415. The van der Waals surface area contributed by atoms with Crippen molar-refractivity contribution < 1.29 is 19.1 Å². The topological polar surface area (TPSA) is 100 Å². The Morgan fingerprint density at radius 1 is 0.830 bits per heavy atom.